The second-order valence-corrected chi connectivity index (χ2v) is 10.1. The van der Waals surface area contributed by atoms with Crippen LogP contribution >= 0.6 is 11.3 Å². The first kappa shape index (κ1) is 22.0. The lowest BCUT2D eigenvalue weighted by Gasteiger charge is -2.05. The molecule has 0 radical (unpaired) electrons. The second kappa shape index (κ2) is 9.96. The maximum absolute atomic E-state index is 12.9. The van der Waals surface area contributed by atoms with Crippen LogP contribution in [0.2, 0.25) is 0 Å². The minimum absolute atomic E-state index is 0.00753. The third-order valence-electron chi connectivity index (χ3n) is 4.53. The van der Waals surface area contributed by atoms with Crippen LogP contribution in [-0.2, 0) is 28.6 Å². The molecule has 0 saturated carbocycles. The van der Waals surface area contributed by atoms with Crippen molar-refractivity contribution in [1.29, 1.82) is 0 Å². The van der Waals surface area contributed by atoms with Gasteiger partial charge in [0.15, 0.2) is 15.7 Å². The lowest BCUT2D eigenvalue weighted by molar-refractivity contribution is 0.305. The number of rotatable bonds is 10. The highest BCUT2D eigenvalue weighted by molar-refractivity contribution is 7.90. The van der Waals surface area contributed by atoms with Crippen LogP contribution in [0, 0.1) is 5.82 Å². The van der Waals surface area contributed by atoms with Crippen molar-refractivity contribution < 1.29 is 17.5 Å². The van der Waals surface area contributed by atoms with Gasteiger partial charge in [-0.25, -0.2) is 17.8 Å². The van der Waals surface area contributed by atoms with Gasteiger partial charge in [0.2, 0.25) is 0 Å². The molecule has 4 aromatic rings. The van der Waals surface area contributed by atoms with Crippen LogP contribution in [-0.4, -0.2) is 39.4 Å². The van der Waals surface area contributed by atoms with Crippen LogP contribution in [0.15, 0.2) is 60.0 Å². The molecule has 32 heavy (non-hydrogen) atoms. The molecular formula is C21H20FN5O3S2. The van der Waals surface area contributed by atoms with E-state index in [4.69, 9.17) is 4.74 Å². The molecule has 2 heterocycles. The summed E-state index contributed by atoms with van der Waals surface area (Å²) in [5, 5.41) is 14.1. The lowest BCUT2D eigenvalue weighted by Crippen LogP contribution is -2.12. The summed E-state index contributed by atoms with van der Waals surface area (Å²) >= 11 is 1.33. The van der Waals surface area contributed by atoms with Crippen molar-refractivity contribution in [3.63, 3.8) is 0 Å². The number of hydrogen-bond acceptors (Lipinski definition) is 8. The summed E-state index contributed by atoms with van der Waals surface area (Å²) in [5.74, 6) is 0.668. The van der Waals surface area contributed by atoms with Crippen molar-refractivity contribution in [1.82, 2.24) is 25.2 Å². The highest BCUT2D eigenvalue weighted by Crippen LogP contribution is 2.18. The van der Waals surface area contributed by atoms with Gasteiger partial charge < -0.3 is 4.74 Å². The highest BCUT2D eigenvalue weighted by Gasteiger charge is 2.16. The third-order valence-corrected chi connectivity index (χ3v) is 7.05. The molecule has 0 aliphatic heterocycles. The Morgan fingerprint density at radius 1 is 1.06 bits per heavy atom. The van der Waals surface area contributed by atoms with Gasteiger partial charge in [-0.05, 0) is 53.2 Å². The van der Waals surface area contributed by atoms with Gasteiger partial charge >= 0.3 is 0 Å². The van der Waals surface area contributed by atoms with Crippen molar-refractivity contribution >= 4 is 21.2 Å². The molecule has 0 unspecified atom stereocenters. The molecule has 8 nitrogen and oxygen atoms in total. The fourth-order valence-electron chi connectivity index (χ4n) is 3.04. The molecular weight excluding hydrogens is 453 g/mol. The summed E-state index contributed by atoms with van der Waals surface area (Å²) in [4.78, 5) is 4.34. The average molecular weight is 474 g/mol. The number of aryl methyl sites for hydroxylation is 1. The number of sulfone groups is 1. The van der Waals surface area contributed by atoms with E-state index in [9.17, 15) is 12.8 Å². The minimum Gasteiger partial charge on any atom is -0.486 e. The van der Waals surface area contributed by atoms with Crippen LogP contribution in [0.1, 0.15) is 22.9 Å². The molecule has 0 atom stereocenters. The number of thiazole rings is 1. The number of halogens is 1. The van der Waals surface area contributed by atoms with E-state index < -0.39 is 9.84 Å². The lowest BCUT2D eigenvalue weighted by atomic mass is 10.3. The standard InChI is InChI=1S/C21H20FN5O3S2/c22-16-8-10-19(11-9-16)30-13-21-23-17(14-31-21)15-32(28,29)12-4-7-20-24-25-26-27(20)18-5-2-1-3-6-18/h1-3,5-6,8-11,14H,4,7,12-13,15H2. The summed E-state index contributed by atoms with van der Waals surface area (Å²) in [6.45, 7) is 0.193. The van der Waals surface area contributed by atoms with Crippen LogP contribution in [0.25, 0.3) is 5.69 Å². The van der Waals surface area contributed by atoms with Crippen molar-refractivity contribution in [2.75, 3.05) is 5.75 Å². The second-order valence-electron chi connectivity index (χ2n) is 7.01. The Morgan fingerprint density at radius 2 is 1.84 bits per heavy atom. The average Bonchev–Trinajstić information content (AvgIpc) is 3.43. The summed E-state index contributed by atoms with van der Waals surface area (Å²) in [7, 11) is -3.34. The smallest absolute Gasteiger partial charge is 0.156 e. The SMILES string of the molecule is O=S(=O)(CCCc1nnnn1-c1ccccc1)Cc1csc(COc2ccc(F)cc2)n1. The van der Waals surface area contributed by atoms with Crippen LogP contribution < -0.4 is 4.74 Å². The number of tetrazole rings is 1. The molecule has 166 valence electrons. The van der Waals surface area contributed by atoms with Crippen molar-refractivity contribution in [2.24, 2.45) is 0 Å². The molecule has 11 heteroatoms. The number of ether oxygens (including phenoxy) is 1. The van der Waals surface area contributed by atoms with Crippen LogP contribution in [0.3, 0.4) is 0 Å². The molecule has 0 amide bonds. The number of hydrogen-bond donors (Lipinski definition) is 0. The quantitative estimate of drug-likeness (QED) is 0.348. The van der Waals surface area contributed by atoms with Gasteiger partial charge in [-0.3, -0.25) is 0 Å². The van der Waals surface area contributed by atoms with Crippen LogP contribution in [0.5, 0.6) is 5.75 Å². The van der Waals surface area contributed by atoms with Crippen LogP contribution in [0.4, 0.5) is 4.39 Å². The Kier molecular flexibility index (Phi) is 6.86. The first-order chi connectivity index (χ1) is 15.5. The monoisotopic (exact) mass is 473 g/mol. The predicted octanol–water partition coefficient (Wildman–Crippen LogP) is 3.38. The molecule has 0 fully saturated rings. The van der Waals surface area contributed by atoms with Crippen molar-refractivity contribution in [2.45, 2.75) is 25.2 Å². The maximum atomic E-state index is 12.9. The van der Waals surface area contributed by atoms with E-state index in [-0.39, 0.29) is 23.9 Å². The zero-order chi connectivity index (χ0) is 22.4. The van der Waals surface area contributed by atoms with E-state index in [1.54, 1.807) is 10.1 Å². The predicted molar refractivity (Wildman–Crippen MR) is 118 cm³/mol. The normalized spacial score (nSPS) is 11.5. The van der Waals surface area contributed by atoms with E-state index in [0.29, 0.717) is 35.1 Å². The van der Waals surface area contributed by atoms with Crippen molar-refractivity contribution in [3.8, 4) is 11.4 Å². The number of para-hydroxylation sites is 1. The number of benzene rings is 2. The van der Waals surface area contributed by atoms with E-state index in [1.165, 1.54) is 35.6 Å². The van der Waals surface area contributed by atoms with E-state index in [1.807, 2.05) is 30.3 Å². The largest absolute Gasteiger partial charge is 0.486 e. The molecule has 0 aliphatic carbocycles. The highest BCUT2D eigenvalue weighted by atomic mass is 32.2. The van der Waals surface area contributed by atoms with Gasteiger partial charge in [-0.15, -0.1) is 16.4 Å². The molecule has 0 aliphatic rings. The molecule has 0 N–H and O–H groups in total. The Balaban J connectivity index is 1.28. The fourth-order valence-corrected chi connectivity index (χ4v) is 5.17. The third kappa shape index (κ3) is 5.95. The number of nitrogens with zero attached hydrogens (tertiary/aromatic N) is 5. The van der Waals surface area contributed by atoms with Gasteiger partial charge in [0.05, 0.1) is 22.9 Å². The van der Waals surface area contributed by atoms with E-state index >= 15 is 0 Å². The first-order valence-corrected chi connectivity index (χ1v) is 12.5. The maximum Gasteiger partial charge on any atom is 0.156 e. The molecule has 2 aromatic heterocycles. The summed E-state index contributed by atoms with van der Waals surface area (Å²) < 4.78 is 45.2. The fraction of sp³-hybridized carbons (Fsp3) is 0.238. The molecule has 0 bridgehead atoms. The topological polar surface area (TPSA) is 99.9 Å². The minimum atomic E-state index is -3.34. The molecule has 2 aromatic carbocycles. The Labute approximate surface area is 188 Å². The van der Waals surface area contributed by atoms with E-state index in [2.05, 4.69) is 20.5 Å². The summed E-state index contributed by atoms with van der Waals surface area (Å²) in [5.41, 5.74) is 1.31. The van der Waals surface area contributed by atoms with Gasteiger partial charge in [0.1, 0.15) is 23.2 Å². The Morgan fingerprint density at radius 3 is 2.62 bits per heavy atom. The Bertz CT molecular complexity index is 1260. The van der Waals surface area contributed by atoms with Gasteiger partial charge in [-0.2, -0.15) is 4.68 Å². The zero-order valence-corrected chi connectivity index (χ0v) is 18.6. The van der Waals surface area contributed by atoms with E-state index in [0.717, 1.165) is 5.69 Å². The Hall–Kier alpha value is -3.18. The van der Waals surface area contributed by atoms with Crippen molar-refractivity contribution in [3.05, 3.63) is 82.3 Å². The molecule has 0 spiro atoms. The first-order valence-electron chi connectivity index (χ1n) is 9.83. The van der Waals surface area contributed by atoms with Gasteiger partial charge in [0.25, 0.3) is 0 Å². The number of aromatic nitrogens is 5. The zero-order valence-electron chi connectivity index (χ0n) is 17.0. The van der Waals surface area contributed by atoms with Gasteiger partial charge in [-0.1, -0.05) is 18.2 Å². The summed E-state index contributed by atoms with van der Waals surface area (Å²) in [6, 6.07) is 15.1. The molecule has 0 saturated heterocycles. The van der Waals surface area contributed by atoms with Gasteiger partial charge in [0, 0.05) is 11.8 Å². The summed E-state index contributed by atoms with van der Waals surface area (Å²) in [6.07, 6.45) is 0.842. The molecule has 4 rings (SSSR count).